The van der Waals surface area contributed by atoms with Crippen LogP contribution in [0.3, 0.4) is 0 Å². The largest absolute Gasteiger partial charge is 0.508 e. The van der Waals surface area contributed by atoms with E-state index < -0.39 is 23.9 Å². The molecule has 7 rings (SSSR count). The van der Waals surface area contributed by atoms with Crippen molar-refractivity contribution in [3.8, 4) is 46.0 Å². The van der Waals surface area contributed by atoms with Gasteiger partial charge in [-0.25, -0.2) is 0 Å². The van der Waals surface area contributed by atoms with Crippen molar-refractivity contribution in [2.45, 2.75) is 36.8 Å². The summed E-state index contributed by atoms with van der Waals surface area (Å²) in [6.45, 7) is 0. The van der Waals surface area contributed by atoms with Crippen molar-refractivity contribution in [2.75, 3.05) is 0 Å². The van der Waals surface area contributed by atoms with E-state index in [0.29, 0.717) is 33.6 Å². The summed E-state index contributed by atoms with van der Waals surface area (Å²) >= 11 is 0. The molecule has 2 bridgehead atoms. The minimum Gasteiger partial charge on any atom is -0.508 e. The molecule has 0 saturated carbocycles. The number of hydrogen-bond donors (Lipinski definition) is 6. The molecule has 0 amide bonds. The zero-order valence-corrected chi connectivity index (χ0v) is 20.4. The molecular formula is C30H24O9. The fourth-order valence-corrected chi connectivity index (χ4v) is 5.96. The molecule has 0 aromatic heterocycles. The predicted octanol–water partition coefficient (Wildman–Crippen LogP) is 4.41. The summed E-state index contributed by atoms with van der Waals surface area (Å²) in [6.07, 6.45) is -1.46. The highest BCUT2D eigenvalue weighted by Crippen LogP contribution is 2.62. The first kappa shape index (κ1) is 23.4. The van der Waals surface area contributed by atoms with E-state index in [-0.39, 0.29) is 53.1 Å². The average Bonchev–Trinajstić information content (AvgIpc) is 2.89. The second kappa shape index (κ2) is 8.12. The van der Waals surface area contributed by atoms with Gasteiger partial charge in [0.1, 0.15) is 52.1 Å². The summed E-state index contributed by atoms with van der Waals surface area (Å²) in [6, 6.07) is 16.8. The van der Waals surface area contributed by atoms with E-state index in [9.17, 15) is 30.6 Å². The molecule has 0 spiro atoms. The highest BCUT2D eigenvalue weighted by Gasteiger charge is 2.53. The van der Waals surface area contributed by atoms with Gasteiger partial charge in [0, 0.05) is 59.2 Å². The van der Waals surface area contributed by atoms with Crippen LogP contribution < -0.4 is 14.2 Å². The van der Waals surface area contributed by atoms with Crippen molar-refractivity contribution in [2.24, 2.45) is 0 Å². The number of aliphatic hydroxyl groups excluding tert-OH is 1. The fourth-order valence-electron chi connectivity index (χ4n) is 5.96. The van der Waals surface area contributed by atoms with Crippen LogP contribution in [0.5, 0.6) is 46.0 Å². The summed E-state index contributed by atoms with van der Waals surface area (Å²) < 4.78 is 19.2. The van der Waals surface area contributed by atoms with Crippen LogP contribution in [0.25, 0.3) is 0 Å². The van der Waals surface area contributed by atoms with Crippen molar-refractivity contribution in [1.29, 1.82) is 0 Å². The van der Waals surface area contributed by atoms with E-state index in [1.165, 1.54) is 42.5 Å². The quantitative estimate of drug-likeness (QED) is 0.222. The Morgan fingerprint density at radius 3 is 2.03 bits per heavy atom. The van der Waals surface area contributed by atoms with Gasteiger partial charge in [-0.2, -0.15) is 0 Å². The van der Waals surface area contributed by atoms with Gasteiger partial charge in [-0.15, -0.1) is 0 Å². The van der Waals surface area contributed by atoms with E-state index in [1.807, 2.05) is 0 Å². The van der Waals surface area contributed by atoms with E-state index in [2.05, 4.69) is 0 Å². The highest BCUT2D eigenvalue weighted by molar-refractivity contribution is 5.67. The van der Waals surface area contributed by atoms with Crippen LogP contribution in [-0.4, -0.2) is 36.7 Å². The molecule has 0 fully saturated rings. The van der Waals surface area contributed by atoms with Crippen molar-refractivity contribution < 1.29 is 44.8 Å². The first-order chi connectivity index (χ1) is 18.7. The first-order valence-corrected chi connectivity index (χ1v) is 12.5. The Balaban J connectivity index is 1.44. The standard InChI is InChI=1S/C30H24O9/c31-16-5-1-14(2-6-16)28-23(36)11-19-21(34)12-25-27(29(19)37-28)20-13-30(39-25,15-3-7-17(32)8-4-15)38-24-10-18(33)9-22(35)26(20)24/h1-10,12,20,23,28,31-36H,11,13H2/t20-,23-,28+,30-/m1/s1. The maximum absolute atomic E-state index is 11.0. The van der Waals surface area contributed by atoms with E-state index >= 15 is 0 Å². The highest BCUT2D eigenvalue weighted by atomic mass is 16.7. The van der Waals surface area contributed by atoms with Gasteiger partial charge in [-0.1, -0.05) is 12.1 Å². The summed E-state index contributed by atoms with van der Waals surface area (Å²) in [5, 5.41) is 62.7. The predicted molar refractivity (Wildman–Crippen MR) is 137 cm³/mol. The topological polar surface area (TPSA) is 149 Å². The zero-order chi connectivity index (χ0) is 27.1. The van der Waals surface area contributed by atoms with Gasteiger partial charge in [0.25, 0.3) is 5.79 Å². The minimum atomic E-state index is -1.40. The first-order valence-electron chi connectivity index (χ1n) is 12.5. The second-order valence-corrected chi connectivity index (χ2v) is 10.2. The normalized spacial score (nSPS) is 24.3. The second-order valence-electron chi connectivity index (χ2n) is 10.2. The van der Waals surface area contributed by atoms with Gasteiger partial charge in [0.2, 0.25) is 0 Å². The third-order valence-electron chi connectivity index (χ3n) is 7.72. The van der Waals surface area contributed by atoms with E-state index in [1.54, 1.807) is 24.3 Å². The monoisotopic (exact) mass is 528 g/mol. The molecule has 0 radical (unpaired) electrons. The Bertz CT molecular complexity index is 1610. The number of phenols is 5. The lowest BCUT2D eigenvalue weighted by molar-refractivity contribution is -0.149. The van der Waals surface area contributed by atoms with Crippen molar-refractivity contribution in [3.05, 3.63) is 94.5 Å². The molecule has 4 atom stereocenters. The summed E-state index contributed by atoms with van der Waals surface area (Å²) in [4.78, 5) is 0. The molecular weight excluding hydrogens is 504 g/mol. The van der Waals surface area contributed by atoms with E-state index in [4.69, 9.17) is 14.2 Å². The van der Waals surface area contributed by atoms with Crippen molar-refractivity contribution >= 4 is 0 Å². The van der Waals surface area contributed by atoms with Gasteiger partial charge in [-0.05, 0) is 42.0 Å². The maximum Gasteiger partial charge on any atom is 0.278 e. The summed E-state index contributed by atoms with van der Waals surface area (Å²) in [5.41, 5.74) is 2.62. The van der Waals surface area contributed by atoms with Crippen LogP contribution >= 0.6 is 0 Å². The molecule has 3 aliphatic rings. The Labute approximate surface area is 222 Å². The number of fused-ring (bicyclic) bond motifs is 8. The Morgan fingerprint density at radius 2 is 1.33 bits per heavy atom. The number of ether oxygens (including phenoxy) is 3. The van der Waals surface area contributed by atoms with Crippen LogP contribution in [0.15, 0.2) is 66.7 Å². The Kier molecular flexibility index (Phi) is 4.86. The molecule has 9 nitrogen and oxygen atoms in total. The van der Waals surface area contributed by atoms with Gasteiger partial charge < -0.3 is 44.8 Å². The van der Waals surface area contributed by atoms with Gasteiger partial charge in [0.15, 0.2) is 0 Å². The maximum atomic E-state index is 11.0. The summed E-state index contributed by atoms with van der Waals surface area (Å²) in [5.74, 6) is -1.46. The number of phenolic OH excluding ortho intramolecular Hbond substituents is 5. The van der Waals surface area contributed by atoms with Gasteiger partial charge in [-0.3, -0.25) is 0 Å². The molecule has 39 heavy (non-hydrogen) atoms. The number of rotatable bonds is 2. The number of hydrogen-bond acceptors (Lipinski definition) is 9. The van der Waals surface area contributed by atoms with E-state index in [0.717, 1.165) is 0 Å². The van der Waals surface area contributed by atoms with Crippen LogP contribution in [0.2, 0.25) is 0 Å². The SMILES string of the molecule is Oc1ccc([C@@H]2Oc3c(c(O)cc4c3[C@@H]3C[C@@](c5ccc(O)cc5)(Oc5cc(O)cc(O)c53)O4)C[C@H]2O)cc1. The molecule has 6 N–H and O–H groups in total. The number of aliphatic hydroxyl groups is 1. The Hall–Kier alpha value is -4.76. The Morgan fingerprint density at radius 1 is 0.692 bits per heavy atom. The molecule has 3 heterocycles. The zero-order valence-electron chi connectivity index (χ0n) is 20.4. The van der Waals surface area contributed by atoms with Crippen molar-refractivity contribution in [1.82, 2.24) is 0 Å². The molecule has 0 unspecified atom stereocenters. The average molecular weight is 529 g/mol. The minimum absolute atomic E-state index is 0.0633. The third-order valence-corrected chi connectivity index (χ3v) is 7.72. The number of aromatic hydroxyl groups is 5. The lowest BCUT2D eigenvalue weighted by atomic mass is 9.76. The van der Waals surface area contributed by atoms with Crippen molar-refractivity contribution in [3.63, 3.8) is 0 Å². The lowest BCUT2D eigenvalue weighted by Crippen LogP contribution is -2.47. The van der Waals surface area contributed by atoms with Gasteiger partial charge in [0.05, 0.1) is 6.10 Å². The number of benzene rings is 4. The van der Waals surface area contributed by atoms with Gasteiger partial charge >= 0.3 is 0 Å². The molecule has 0 saturated heterocycles. The van der Waals surface area contributed by atoms with Crippen LogP contribution in [0.1, 0.15) is 46.3 Å². The fraction of sp³-hybridized carbons (Fsp3) is 0.200. The third kappa shape index (κ3) is 3.50. The summed E-state index contributed by atoms with van der Waals surface area (Å²) in [7, 11) is 0. The molecule has 198 valence electrons. The molecule has 9 heteroatoms. The lowest BCUT2D eigenvalue weighted by Gasteiger charge is -2.47. The molecule has 3 aliphatic heterocycles. The molecule has 0 aliphatic carbocycles. The molecule has 4 aromatic carbocycles. The smallest absolute Gasteiger partial charge is 0.278 e. The van der Waals surface area contributed by atoms with Crippen LogP contribution in [0, 0.1) is 0 Å². The molecule has 4 aromatic rings. The van der Waals surface area contributed by atoms with Crippen LogP contribution in [0.4, 0.5) is 0 Å². The van der Waals surface area contributed by atoms with Crippen LogP contribution in [-0.2, 0) is 12.2 Å².